The summed E-state index contributed by atoms with van der Waals surface area (Å²) in [4.78, 5) is 55.7. The molecule has 2 fully saturated rings. The van der Waals surface area contributed by atoms with Gasteiger partial charge in [-0.15, -0.1) is 0 Å². The quantitative estimate of drug-likeness (QED) is 0.180. The Bertz CT molecular complexity index is 2560. The van der Waals surface area contributed by atoms with Crippen molar-refractivity contribution < 1.29 is 23.4 Å². The van der Waals surface area contributed by atoms with E-state index < -0.39 is 23.5 Å². The number of ether oxygens (including phenoxy) is 1. The summed E-state index contributed by atoms with van der Waals surface area (Å²) >= 11 is 7.23. The monoisotopic (exact) mass is 801 g/mol. The Labute approximate surface area is 331 Å². The number of methoxy groups -OCH3 is 1. The minimum absolute atomic E-state index is 0.0631. The number of amides is 2. The smallest absolute Gasteiger partial charge is 0.332 e. The minimum Gasteiger partial charge on any atom is -0.481 e. The number of rotatable bonds is 9. The molecule has 2 atom stereocenters. The first-order valence-corrected chi connectivity index (χ1v) is 19.1. The number of hydrogen-bond acceptors (Lipinski definition) is 10. The summed E-state index contributed by atoms with van der Waals surface area (Å²) in [7, 11) is 4.28. The van der Waals surface area contributed by atoms with E-state index in [0.29, 0.717) is 52.1 Å². The normalized spacial score (nSPS) is 19.5. The fourth-order valence-electron chi connectivity index (χ4n) is 8.66. The number of benzene rings is 2. The second-order valence-corrected chi connectivity index (χ2v) is 15.3. The molecule has 5 aromatic rings. The summed E-state index contributed by atoms with van der Waals surface area (Å²) in [5.41, 5.74) is 4.19. The van der Waals surface area contributed by atoms with Crippen LogP contribution in [0.4, 0.5) is 25.1 Å². The molecule has 0 unspecified atom stereocenters. The van der Waals surface area contributed by atoms with Crippen LogP contribution in [0.3, 0.4) is 0 Å². The number of fused-ring (bicyclic) bond motifs is 2. The van der Waals surface area contributed by atoms with Gasteiger partial charge >= 0.3 is 11.7 Å². The Hall–Kier alpha value is -5.45. The van der Waals surface area contributed by atoms with Crippen LogP contribution in [-0.4, -0.2) is 90.5 Å². The number of aliphatic hydroxyl groups excluding tert-OH is 1. The molecule has 2 aliphatic heterocycles. The minimum atomic E-state index is -3.05. The van der Waals surface area contributed by atoms with Crippen LogP contribution in [0.1, 0.15) is 54.2 Å². The number of nitrogens with one attached hydrogen (secondary N) is 2. The number of aliphatic hydroxyl groups is 1. The van der Waals surface area contributed by atoms with Gasteiger partial charge in [-0.25, -0.2) is 33.3 Å². The first kappa shape index (κ1) is 38.4. The first-order chi connectivity index (χ1) is 27.3. The van der Waals surface area contributed by atoms with E-state index in [2.05, 4.69) is 31.6 Å². The van der Waals surface area contributed by atoms with Crippen LogP contribution in [-0.2, 0) is 20.5 Å². The van der Waals surface area contributed by atoms with Crippen LogP contribution in [0.2, 0.25) is 5.02 Å². The summed E-state index contributed by atoms with van der Waals surface area (Å²) in [6.07, 6.45) is 0.306. The molecule has 5 heterocycles. The van der Waals surface area contributed by atoms with Gasteiger partial charge in [-0.3, -0.25) is 18.8 Å². The average molecular weight is 802 g/mol. The number of halogens is 3. The first-order valence-electron chi connectivity index (χ1n) is 18.8. The number of carbonyl (C=O) groups is 1. The molecule has 298 valence electrons. The lowest BCUT2D eigenvalue weighted by atomic mass is 9.92. The predicted molar refractivity (Wildman–Crippen MR) is 211 cm³/mol. The predicted octanol–water partition coefficient (Wildman–Crippen LogP) is 5.25. The molecular formula is C40H42ClF2N9O5. The zero-order valence-electron chi connectivity index (χ0n) is 31.9. The third-order valence-corrected chi connectivity index (χ3v) is 12.1. The van der Waals surface area contributed by atoms with Crippen molar-refractivity contribution in [1.82, 2.24) is 39.2 Å². The number of alkyl halides is 2. The third-order valence-electron chi connectivity index (χ3n) is 11.7. The summed E-state index contributed by atoms with van der Waals surface area (Å²) in [5, 5.41) is 16.0. The molecule has 17 heteroatoms. The van der Waals surface area contributed by atoms with Gasteiger partial charge in [0.15, 0.2) is 11.5 Å². The number of β-amino-alcohol motifs (C(OH)–C–C–N with tert-alkyl or cyclic N) is 1. The number of nitrogens with zero attached hydrogens (tertiary/aromatic N) is 7. The Morgan fingerprint density at radius 1 is 1.04 bits per heavy atom. The number of aryl methyl sites for hydroxylation is 2. The van der Waals surface area contributed by atoms with Crippen molar-refractivity contribution in [1.29, 1.82) is 0 Å². The van der Waals surface area contributed by atoms with Crippen molar-refractivity contribution >= 4 is 40.2 Å². The second-order valence-electron chi connectivity index (χ2n) is 14.9. The number of pyridine rings is 1. The number of hydrogen-bond donors (Lipinski definition) is 3. The second kappa shape index (κ2) is 14.8. The number of anilines is 2. The van der Waals surface area contributed by atoms with Gasteiger partial charge in [0.2, 0.25) is 5.88 Å². The maximum Gasteiger partial charge on any atom is 0.332 e. The van der Waals surface area contributed by atoms with Crippen molar-refractivity contribution in [3.8, 4) is 28.3 Å². The zero-order chi connectivity index (χ0) is 40.3. The molecule has 3 aromatic heterocycles. The van der Waals surface area contributed by atoms with Crippen LogP contribution in [0.5, 0.6) is 5.88 Å². The Kier molecular flexibility index (Phi) is 9.98. The van der Waals surface area contributed by atoms with Gasteiger partial charge in [-0.1, -0.05) is 41.9 Å². The highest BCUT2D eigenvalue weighted by atomic mass is 35.5. The lowest BCUT2D eigenvalue weighted by molar-refractivity contribution is 0.127. The average Bonchev–Trinajstić information content (AvgIpc) is 3.82. The molecule has 14 nitrogen and oxygen atoms in total. The summed E-state index contributed by atoms with van der Waals surface area (Å²) in [5.74, 6) is -0.452. The molecule has 8 rings (SSSR count). The van der Waals surface area contributed by atoms with E-state index >= 15 is 0 Å². The molecule has 1 spiro atoms. The van der Waals surface area contributed by atoms with E-state index in [-0.39, 0.29) is 41.1 Å². The maximum absolute atomic E-state index is 14.0. The summed E-state index contributed by atoms with van der Waals surface area (Å²) in [6.45, 7) is 4.26. The van der Waals surface area contributed by atoms with Crippen molar-refractivity contribution in [2.45, 2.75) is 50.6 Å². The van der Waals surface area contributed by atoms with Gasteiger partial charge in [0, 0.05) is 68.7 Å². The maximum atomic E-state index is 14.0. The van der Waals surface area contributed by atoms with E-state index in [1.807, 2.05) is 31.2 Å². The number of urea groups is 1. The molecule has 3 N–H and O–H groups in total. The van der Waals surface area contributed by atoms with Crippen LogP contribution < -0.4 is 26.6 Å². The highest BCUT2D eigenvalue weighted by Gasteiger charge is 2.46. The van der Waals surface area contributed by atoms with E-state index in [4.69, 9.17) is 21.3 Å². The SMILES string of the molecule is COc1nc(-c2cccc(-c3cccc(Nc4nc(C(F)F)nc5c4c(=O)n(C)c(=O)n5C)c3C)c2Cl)cc2c1[C@@H](N1CC[C@@]3(CCN(CCO)C(=O)N3)C1)CC2. The molecular weight excluding hydrogens is 760 g/mol. The fourth-order valence-corrected chi connectivity index (χ4v) is 8.99. The Morgan fingerprint density at radius 3 is 2.51 bits per heavy atom. The highest BCUT2D eigenvalue weighted by molar-refractivity contribution is 6.36. The fraction of sp³-hybridized carbons (Fsp3) is 0.400. The lowest BCUT2D eigenvalue weighted by Gasteiger charge is -2.40. The van der Waals surface area contributed by atoms with E-state index in [0.717, 1.165) is 64.6 Å². The summed E-state index contributed by atoms with van der Waals surface area (Å²) in [6, 6.07) is 13.1. The Morgan fingerprint density at radius 2 is 1.77 bits per heavy atom. The number of carbonyl (C=O) groups excluding carboxylic acids is 1. The van der Waals surface area contributed by atoms with Gasteiger partial charge in [0.1, 0.15) is 11.2 Å². The highest BCUT2D eigenvalue weighted by Crippen LogP contribution is 2.47. The van der Waals surface area contributed by atoms with Crippen LogP contribution >= 0.6 is 11.6 Å². The van der Waals surface area contributed by atoms with Crippen LogP contribution in [0.25, 0.3) is 33.4 Å². The van der Waals surface area contributed by atoms with Crippen molar-refractivity contribution in [3.63, 3.8) is 0 Å². The molecule has 2 amide bonds. The van der Waals surface area contributed by atoms with Gasteiger partial charge in [-0.05, 0) is 61.4 Å². The van der Waals surface area contributed by atoms with Gasteiger partial charge in [0.05, 0.1) is 30.0 Å². The van der Waals surface area contributed by atoms with E-state index in [1.54, 1.807) is 24.1 Å². The van der Waals surface area contributed by atoms with Crippen LogP contribution in [0.15, 0.2) is 52.1 Å². The number of aromatic nitrogens is 5. The van der Waals surface area contributed by atoms with Crippen molar-refractivity contribution in [2.75, 3.05) is 45.2 Å². The topological polar surface area (TPSA) is 160 Å². The molecule has 0 radical (unpaired) electrons. The Balaban J connectivity index is 1.11. The molecule has 1 aliphatic carbocycles. The van der Waals surface area contributed by atoms with Gasteiger partial charge in [-0.2, -0.15) is 0 Å². The molecule has 2 saturated heterocycles. The molecule has 0 bridgehead atoms. The third kappa shape index (κ3) is 6.58. The largest absolute Gasteiger partial charge is 0.481 e. The number of likely N-dealkylation sites (tertiary alicyclic amines) is 1. The molecule has 0 saturated carbocycles. The molecule has 3 aliphatic rings. The molecule has 2 aromatic carbocycles. The summed E-state index contributed by atoms with van der Waals surface area (Å²) < 4.78 is 35.8. The van der Waals surface area contributed by atoms with Gasteiger partial charge in [0.25, 0.3) is 12.0 Å². The van der Waals surface area contributed by atoms with E-state index in [9.17, 15) is 28.3 Å². The van der Waals surface area contributed by atoms with E-state index in [1.165, 1.54) is 14.1 Å². The van der Waals surface area contributed by atoms with Crippen molar-refractivity contribution in [2.24, 2.45) is 14.1 Å². The standard InChI is InChI=1S/C40H42ClF2N9O5/c1-21-23(7-6-10-26(21)44-33-30-35(47-34(46-33)32(42)43)49(2)39(56)50(3)37(30)54)24-8-5-9-25(31(24)41)27-19-22-11-12-28(29(22)36(45-27)57-4)52-16-14-40(20-52)13-15-51(17-18-53)38(55)48-40/h5-10,19,28,32,53H,11-18,20H2,1-4H3,(H,48,55)(H,44,46,47)/t28-,40-/m0/s1. The zero-order valence-corrected chi connectivity index (χ0v) is 32.7. The van der Waals surface area contributed by atoms with Gasteiger partial charge < -0.3 is 25.4 Å². The lowest BCUT2D eigenvalue weighted by Crippen LogP contribution is -2.61. The molecule has 57 heavy (non-hydrogen) atoms. The van der Waals surface area contributed by atoms with Crippen molar-refractivity contribution in [3.05, 3.63) is 90.8 Å². The van der Waals surface area contributed by atoms with Crippen LogP contribution in [0, 0.1) is 6.92 Å².